The molecule has 53 heavy (non-hydrogen) atoms. The zero-order chi connectivity index (χ0) is 38.6. The van der Waals surface area contributed by atoms with E-state index in [1.54, 1.807) is 0 Å². The lowest BCUT2D eigenvalue weighted by Crippen LogP contribution is -2.61. The maximum absolute atomic E-state index is 13.5. The van der Waals surface area contributed by atoms with E-state index in [2.05, 4.69) is 0 Å². The summed E-state index contributed by atoms with van der Waals surface area (Å²) in [6.07, 6.45) is -26.0. The molecule has 0 saturated carbocycles. The highest BCUT2D eigenvalue weighted by Gasteiger charge is 2.50. The Bertz CT molecular complexity index is 1830. The number of aliphatic hydroxyl groups is 10. The molecule has 3 aliphatic heterocycles. The van der Waals surface area contributed by atoms with Crippen LogP contribution in [0.4, 0.5) is 0 Å². The van der Waals surface area contributed by atoms with Crippen LogP contribution in [-0.4, -0.2) is 165 Å². The molecule has 0 amide bonds. The van der Waals surface area contributed by atoms with Crippen molar-refractivity contribution >= 4 is 11.0 Å². The number of hydrogen-bond donors (Lipinski definition) is 13. The number of phenols is 3. The quantitative estimate of drug-likeness (QED) is 0.0978. The number of aromatic hydroxyl groups is 3. The van der Waals surface area contributed by atoms with Crippen LogP contribution < -0.4 is 10.2 Å². The third-order valence-electron chi connectivity index (χ3n) is 9.58. The van der Waals surface area contributed by atoms with E-state index >= 15 is 0 Å². The third-order valence-corrected chi connectivity index (χ3v) is 9.58. The second kappa shape index (κ2) is 15.2. The molecular formula is C33H40O20. The van der Waals surface area contributed by atoms with E-state index in [-0.39, 0.29) is 11.3 Å². The van der Waals surface area contributed by atoms with Crippen molar-refractivity contribution in [1.29, 1.82) is 0 Å². The molecule has 3 saturated heterocycles. The van der Waals surface area contributed by atoms with Gasteiger partial charge in [0.2, 0.25) is 6.29 Å². The summed E-state index contributed by atoms with van der Waals surface area (Å²) in [5, 5.41) is 135. The predicted octanol–water partition coefficient (Wildman–Crippen LogP) is -3.88. The van der Waals surface area contributed by atoms with Gasteiger partial charge in [-0.1, -0.05) is 0 Å². The third kappa shape index (κ3) is 7.15. The van der Waals surface area contributed by atoms with Crippen LogP contribution in [0.2, 0.25) is 0 Å². The highest BCUT2D eigenvalue weighted by atomic mass is 16.7. The molecule has 13 N–H and O–H groups in total. The van der Waals surface area contributed by atoms with E-state index in [9.17, 15) is 71.2 Å². The lowest BCUT2D eigenvalue weighted by atomic mass is 9.89. The maximum atomic E-state index is 13.5. The average Bonchev–Trinajstić information content (AvgIpc) is 3.12. The largest absolute Gasteiger partial charge is 0.506 e. The zero-order valence-electron chi connectivity index (χ0n) is 27.6. The molecule has 20 heteroatoms. The van der Waals surface area contributed by atoms with Gasteiger partial charge in [0.15, 0.2) is 23.2 Å². The molecule has 6 rings (SSSR count). The molecule has 2 aromatic carbocycles. The molecule has 0 spiro atoms. The van der Waals surface area contributed by atoms with Crippen molar-refractivity contribution in [2.75, 3.05) is 13.2 Å². The Hall–Kier alpha value is -3.71. The first-order chi connectivity index (χ1) is 25.0. The van der Waals surface area contributed by atoms with E-state index in [4.69, 9.17) is 28.1 Å². The van der Waals surface area contributed by atoms with Crippen molar-refractivity contribution in [3.8, 4) is 34.3 Å². The van der Waals surface area contributed by atoms with Crippen molar-refractivity contribution in [1.82, 2.24) is 0 Å². The van der Waals surface area contributed by atoms with Crippen LogP contribution >= 0.6 is 0 Å². The van der Waals surface area contributed by atoms with Crippen LogP contribution in [0.15, 0.2) is 39.5 Å². The minimum atomic E-state index is -2.05. The average molecular weight is 757 g/mol. The molecule has 3 fully saturated rings. The number of phenolic OH excluding ortho intramolecular Hbond substituents is 3. The van der Waals surface area contributed by atoms with Crippen molar-refractivity contribution < 1.29 is 94.5 Å². The molecule has 0 bridgehead atoms. The van der Waals surface area contributed by atoms with Gasteiger partial charge in [0.25, 0.3) is 0 Å². The summed E-state index contributed by atoms with van der Waals surface area (Å²) in [7, 11) is 0. The van der Waals surface area contributed by atoms with E-state index < -0.39 is 150 Å². The summed E-state index contributed by atoms with van der Waals surface area (Å²) < 4.78 is 34.0. The Balaban J connectivity index is 1.39. The van der Waals surface area contributed by atoms with Gasteiger partial charge >= 0.3 is 0 Å². The Morgan fingerprint density at radius 2 is 1.32 bits per heavy atom. The Labute approximate surface area is 298 Å². The molecule has 0 aliphatic carbocycles. The van der Waals surface area contributed by atoms with Crippen molar-refractivity contribution in [3.05, 3.63) is 46.1 Å². The number of rotatable bonds is 8. The van der Waals surface area contributed by atoms with Crippen LogP contribution in [0.3, 0.4) is 0 Å². The molecule has 15 unspecified atom stereocenters. The summed E-state index contributed by atoms with van der Waals surface area (Å²) in [5.74, 6) is -2.71. The number of aliphatic hydroxyl groups excluding tert-OH is 10. The van der Waals surface area contributed by atoms with E-state index in [1.807, 2.05) is 0 Å². The van der Waals surface area contributed by atoms with E-state index in [0.717, 1.165) is 24.3 Å². The van der Waals surface area contributed by atoms with Crippen molar-refractivity contribution in [3.63, 3.8) is 0 Å². The lowest BCUT2D eigenvalue weighted by Gasteiger charge is -2.43. The molecule has 3 aliphatic rings. The summed E-state index contributed by atoms with van der Waals surface area (Å²) in [6, 6.07) is 5.45. The Kier molecular flexibility index (Phi) is 11.2. The highest BCUT2D eigenvalue weighted by Crippen LogP contribution is 2.46. The van der Waals surface area contributed by atoms with Crippen LogP contribution in [0.1, 0.15) is 18.6 Å². The van der Waals surface area contributed by atoms with E-state index in [1.165, 1.54) is 13.0 Å². The maximum Gasteiger partial charge on any atom is 0.229 e. The van der Waals surface area contributed by atoms with Crippen molar-refractivity contribution in [2.45, 2.75) is 98.9 Å². The topological polar surface area (TPSA) is 339 Å². The van der Waals surface area contributed by atoms with Gasteiger partial charge in [-0.05, 0) is 25.1 Å². The van der Waals surface area contributed by atoms with Gasteiger partial charge < -0.3 is 94.5 Å². The van der Waals surface area contributed by atoms with Gasteiger partial charge in [0.1, 0.15) is 101 Å². The first-order valence-corrected chi connectivity index (χ1v) is 16.4. The molecule has 3 aromatic rings. The molecular weight excluding hydrogens is 716 g/mol. The Morgan fingerprint density at radius 1 is 0.679 bits per heavy atom. The molecule has 20 nitrogen and oxygen atoms in total. The summed E-state index contributed by atoms with van der Waals surface area (Å²) in [4.78, 5) is 13.5. The summed E-state index contributed by atoms with van der Waals surface area (Å²) in [5.41, 5.74) is -1.74. The predicted molar refractivity (Wildman–Crippen MR) is 171 cm³/mol. The number of hydrogen-bond acceptors (Lipinski definition) is 20. The first-order valence-electron chi connectivity index (χ1n) is 16.4. The number of fused-ring (bicyclic) bond motifs is 1. The minimum absolute atomic E-state index is 0.105. The molecule has 4 heterocycles. The van der Waals surface area contributed by atoms with Gasteiger partial charge in [0, 0.05) is 17.7 Å². The lowest BCUT2D eigenvalue weighted by molar-refractivity contribution is -0.318. The van der Waals surface area contributed by atoms with E-state index in [0.29, 0.717) is 0 Å². The number of benzene rings is 2. The fourth-order valence-corrected chi connectivity index (χ4v) is 6.44. The van der Waals surface area contributed by atoms with Gasteiger partial charge in [-0.3, -0.25) is 4.79 Å². The smallest absolute Gasteiger partial charge is 0.229 e. The molecule has 292 valence electrons. The van der Waals surface area contributed by atoms with Gasteiger partial charge in [-0.25, -0.2) is 0 Å². The minimum Gasteiger partial charge on any atom is -0.506 e. The summed E-state index contributed by atoms with van der Waals surface area (Å²) in [6.45, 7) is -0.138. The Morgan fingerprint density at radius 3 is 2.00 bits per heavy atom. The fraction of sp³-hybridized carbons (Fsp3) is 0.545. The molecule has 15 atom stereocenters. The van der Waals surface area contributed by atoms with Gasteiger partial charge in [-0.2, -0.15) is 0 Å². The molecule has 0 radical (unpaired) electrons. The summed E-state index contributed by atoms with van der Waals surface area (Å²) >= 11 is 0. The van der Waals surface area contributed by atoms with Crippen LogP contribution in [0, 0.1) is 0 Å². The SMILES string of the molecule is CC1OC(OCC2OC(Oc3cc4oc(-c5ccc(O)c(O)c5)cc(=O)c4c(O)c3C3OC(CO)C(O)C(O)C3O)C(O)C(O)C2O)C(O)C(O)C1O. The number of ether oxygens (including phenoxy) is 5. The van der Waals surface area contributed by atoms with Gasteiger partial charge in [0.05, 0.1) is 24.9 Å². The highest BCUT2D eigenvalue weighted by molar-refractivity contribution is 5.88. The second-order valence-electron chi connectivity index (χ2n) is 13.1. The van der Waals surface area contributed by atoms with Crippen LogP contribution in [0.25, 0.3) is 22.3 Å². The monoisotopic (exact) mass is 756 g/mol. The first kappa shape index (κ1) is 39.0. The second-order valence-corrected chi connectivity index (χ2v) is 13.1. The van der Waals surface area contributed by atoms with Crippen molar-refractivity contribution in [2.24, 2.45) is 0 Å². The fourth-order valence-electron chi connectivity index (χ4n) is 6.44. The van der Waals surface area contributed by atoms with Crippen LogP contribution in [0.5, 0.6) is 23.0 Å². The normalized spacial score (nSPS) is 37.8. The molecule has 1 aromatic heterocycles. The van der Waals surface area contributed by atoms with Crippen LogP contribution in [-0.2, 0) is 18.9 Å². The standard InChI is InChI=1S/C33H40O20/c1-9-21(38)25(42)29(46)32(49-9)48-8-18-23(40)27(44)30(47)33(53-18)52-16-6-15-19(13(37)5-14(50-15)10-2-3-11(35)12(36)4-10)24(41)20(16)31-28(45)26(43)22(39)17(7-34)51-31/h2-6,9,17-18,21-23,25-36,38-47H,7-8H2,1H3. The zero-order valence-corrected chi connectivity index (χ0v) is 27.6. The van der Waals surface area contributed by atoms with Gasteiger partial charge in [-0.15, -0.1) is 0 Å².